The third-order valence-corrected chi connectivity index (χ3v) is 3.21. The predicted octanol–water partition coefficient (Wildman–Crippen LogP) is 3.50. The molecule has 0 atom stereocenters. The second-order valence-corrected chi connectivity index (χ2v) is 4.75. The first-order valence-corrected chi connectivity index (χ1v) is 6.48. The van der Waals surface area contributed by atoms with E-state index in [1.807, 2.05) is 0 Å². The van der Waals surface area contributed by atoms with Crippen LogP contribution in [0.1, 0.15) is 5.56 Å². The van der Waals surface area contributed by atoms with Gasteiger partial charge in [-0.3, -0.25) is 4.98 Å². The van der Waals surface area contributed by atoms with Gasteiger partial charge in [0.2, 0.25) is 0 Å². The van der Waals surface area contributed by atoms with Crippen LogP contribution in [0.3, 0.4) is 0 Å². The topological polar surface area (TPSA) is 58.9 Å². The van der Waals surface area contributed by atoms with E-state index in [0.717, 1.165) is 0 Å². The third kappa shape index (κ3) is 2.50. The van der Waals surface area contributed by atoms with E-state index in [-0.39, 0.29) is 16.9 Å². The number of halogens is 2. The summed E-state index contributed by atoms with van der Waals surface area (Å²) >= 11 is 0. The fraction of sp³-hybridized carbons (Fsp3) is 0.0625. The molecule has 2 heterocycles. The summed E-state index contributed by atoms with van der Waals surface area (Å²) in [5.74, 6) is -1.44. The first kappa shape index (κ1) is 14.1. The summed E-state index contributed by atoms with van der Waals surface area (Å²) in [4.78, 5) is 12.0. The number of pyridine rings is 1. The third-order valence-electron chi connectivity index (χ3n) is 3.21. The van der Waals surface area contributed by atoms with Crippen LogP contribution in [0.15, 0.2) is 42.9 Å². The van der Waals surface area contributed by atoms with E-state index in [1.54, 1.807) is 12.1 Å². The molecule has 0 aliphatic rings. The Hall–Kier alpha value is -2.89. The number of aromatic hydroxyl groups is 1. The normalized spacial score (nSPS) is 10.7. The number of rotatable bonds is 2. The van der Waals surface area contributed by atoms with Gasteiger partial charge in [-0.25, -0.2) is 18.7 Å². The number of benzene rings is 1. The van der Waals surface area contributed by atoms with Gasteiger partial charge >= 0.3 is 0 Å². The van der Waals surface area contributed by atoms with Gasteiger partial charge in [0.15, 0.2) is 23.2 Å². The summed E-state index contributed by atoms with van der Waals surface area (Å²) in [5, 5.41) is 9.16. The molecule has 22 heavy (non-hydrogen) atoms. The molecule has 2 aromatic heterocycles. The number of nitrogens with zero attached hydrogens (tertiary/aromatic N) is 3. The number of aromatic nitrogens is 3. The fourth-order valence-electron chi connectivity index (χ4n) is 2.00. The zero-order chi connectivity index (χ0) is 15.7. The maximum atomic E-state index is 13.9. The van der Waals surface area contributed by atoms with Crippen molar-refractivity contribution >= 4 is 0 Å². The maximum absolute atomic E-state index is 13.9. The lowest BCUT2D eigenvalue weighted by Crippen LogP contribution is -1.95. The van der Waals surface area contributed by atoms with E-state index in [0.29, 0.717) is 17.1 Å². The van der Waals surface area contributed by atoms with Crippen LogP contribution in [0.25, 0.3) is 22.6 Å². The molecule has 0 saturated carbocycles. The predicted molar refractivity (Wildman–Crippen MR) is 77.0 cm³/mol. The molecular formula is C16H11F2N3O. The first-order valence-electron chi connectivity index (χ1n) is 6.48. The Kier molecular flexibility index (Phi) is 3.50. The van der Waals surface area contributed by atoms with Crippen LogP contribution in [-0.2, 0) is 0 Å². The molecule has 0 unspecified atom stereocenters. The molecule has 110 valence electrons. The Labute approximate surface area is 125 Å². The van der Waals surface area contributed by atoms with E-state index >= 15 is 0 Å². The summed E-state index contributed by atoms with van der Waals surface area (Å²) < 4.78 is 27.6. The maximum Gasteiger partial charge on any atom is 0.168 e. The number of hydrogen-bond acceptors (Lipinski definition) is 4. The van der Waals surface area contributed by atoms with Crippen molar-refractivity contribution in [1.82, 2.24) is 15.0 Å². The van der Waals surface area contributed by atoms with Crippen LogP contribution < -0.4 is 0 Å². The van der Waals surface area contributed by atoms with Gasteiger partial charge in [0.1, 0.15) is 0 Å². The molecular weight excluding hydrogens is 288 g/mol. The highest BCUT2D eigenvalue weighted by Crippen LogP contribution is 2.26. The average molecular weight is 299 g/mol. The van der Waals surface area contributed by atoms with E-state index in [2.05, 4.69) is 15.0 Å². The van der Waals surface area contributed by atoms with Crippen molar-refractivity contribution in [2.75, 3.05) is 0 Å². The van der Waals surface area contributed by atoms with Crippen LogP contribution in [0.5, 0.6) is 5.75 Å². The van der Waals surface area contributed by atoms with Crippen LogP contribution >= 0.6 is 0 Å². The lowest BCUT2D eigenvalue weighted by molar-refractivity contribution is 0.470. The Bertz CT molecular complexity index is 818. The molecule has 6 heteroatoms. The van der Waals surface area contributed by atoms with Crippen molar-refractivity contribution in [3.05, 3.63) is 60.1 Å². The molecule has 0 aliphatic carbocycles. The second-order valence-electron chi connectivity index (χ2n) is 4.75. The van der Waals surface area contributed by atoms with Gasteiger partial charge in [0, 0.05) is 17.3 Å². The van der Waals surface area contributed by atoms with Gasteiger partial charge < -0.3 is 5.11 Å². The average Bonchev–Trinajstić information content (AvgIpc) is 2.54. The summed E-state index contributed by atoms with van der Waals surface area (Å²) in [6, 6.07) is 6.23. The van der Waals surface area contributed by atoms with Crippen molar-refractivity contribution < 1.29 is 13.9 Å². The highest BCUT2D eigenvalue weighted by Gasteiger charge is 2.13. The molecule has 0 amide bonds. The number of aryl methyl sites for hydroxylation is 1. The van der Waals surface area contributed by atoms with Crippen molar-refractivity contribution in [3.8, 4) is 28.4 Å². The Morgan fingerprint density at radius 3 is 2.23 bits per heavy atom. The minimum Gasteiger partial charge on any atom is -0.505 e. The molecule has 3 aromatic rings. The lowest BCUT2D eigenvalue weighted by atomic mass is 10.1. The summed E-state index contributed by atoms with van der Waals surface area (Å²) in [7, 11) is 0. The van der Waals surface area contributed by atoms with Crippen LogP contribution in [0.2, 0.25) is 0 Å². The molecule has 4 nitrogen and oxygen atoms in total. The zero-order valence-corrected chi connectivity index (χ0v) is 11.6. The quantitative estimate of drug-likeness (QED) is 0.787. The Balaban J connectivity index is 1.98. The van der Waals surface area contributed by atoms with Gasteiger partial charge in [0.25, 0.3) is 0 Å². The molecule has 0 radical (unpaired) electrons. The van der Waals surface area contributed by atoms with Crippen LogP contribution in [0, 0.1) is 18.6 Å². The van der Waals surface area contributed by atoms with Gasteiger partial charge in [-0.2, -0.15) is 0 Å². The van der Waals surface area contributed by atoms with Gasteiger partial charge in [-0.15, -0.1) is 0 Å². The van der Waals surface area contributed by atoms with E-state index in [1.165, 1.54) is 37.6 Å². The first-order chi connectivity index (χ1) is 10.6. The Morgan fingerprint density at radius 2 is 1.59 bits per heavy atom. The van der Waals surface area contributed by atoms with Gasteiger partial charge in [0.05, 0.1) is 18.1 Å². The molecule has 0 spiro atoms. The zero-order valence-electron chi connectivity index (χ0n) is 11.6. The highest BCUT2D eigenvalue weighted by atomic mass is 19.2. The number of hydrogen-bond donors (Lipinski definition) is 1. The van der Waals surface area contributed by atoms with Crippen molar-refractivity contribution in [2.24, 2.45) is 0 Å². The van der Waals surface area contributed by atoms with Crippen LogP contribution in [-0.4, -0.2) is 20.1 Å². The molecule has 3 rings (SSSR count). The fourth-order valence-corrected chi connectivity index (χ4v) is 2.00. The van der Waals surface area contributed by atoms with E-state index in [4.69, 9.17) is 5.11 Å². The Morgan fingerprint density at radius 1 is 0.864 bits per heavy atom. The van der Waals surface area contributed by atoms with Crippen molar-refractivity contribution in [3.63, 3.8) is 0 Å². The molecule has 0 fully saturated rings. The monoisotopic (exact) mass is 299 g/mol. The molecule has 1 aromatic carbocycles. The van der Waals surface area contributed by atoms with Crippen molar-refractivity contribution in [1.29, 1.82) is 0 Å². The van der Waals surface area contributed by atoms with Gasteiger partial charge in [-0.05, 0) is 30.7 Å². The minimum absolute atomic E-state index is 0.0365. The van der Waals surface area contributed by atoms with E-state index < -0.39 is 11.6 Å². The summed E-state index contributed by atoms with van der Waals surface area (Å²) in [6.07, 6.45) is 4.01. The summed E-state index contributed by atoms with van der Waals surface area (Å²) in [6.45, 7) is 1.50. The standard InChI is InChI=1S/C16H11F2N3O/c1-9-2-4-12(15(18)14(9)17)13-5-3-10(6-19-13)16-20-7-11(22)8-21-16/h2-8,22H,1H3. The van der Waals surface area contributed by atoms with Crippen molar-refractivity contribution in [2.45, 2.75) is 6.92 Å². The van der Waals surface area contributed by atoms with Gasteiger partial charge in [-0.1, -0.05) is 6.07 Å². The second kappa shape index (κ2) is 5.48. The highest BCUT2D eigenvalue weighted by molar-refractivity contribution is 5.64. The largest absolute Gasteiger partial charge is 0.505 e. The summed E-state index contributed by atoms with van der Waals surface area (Å²) in [5.41, 5.74) is 1.27. The molecule has 1 N–H and O–H groups in total. The minimum atomic E-state index is -0.916. The van der Waals surface area contributed by atoms with E-state index in [9.17, 15) is 8.78 Å². The molecule has 0 saturated heterocycles. The lowest BCUT2D eigenvalue weighted by Gasteiger charge is -2.06. The smallest absolute Gasteiger partial charge is 0.168 e. The SMILES string of the molecule is Cc1ccc(-c2ccc(-c3ncc(O)cn3)cn2)c(F)c1F. The van der Waals surface area contributed by atoms with Crippen LogP contribution in [0.4, 0.5) is 8.78 Å². The molecule has 0 aliphatic heterocycles. The molecule has 0 bridgehead atoms.